The summed E-state index contributed by atoms with van der Waals surface area (Å²) in [6.45, 7) is 0.361. The number of hydrogen-bond donors (Lipinski definition) is 2. The maximum Gasteiger partial charge on any atom is 0.347 e. The lowest BCUT2D eigenvalue weighted by molar-refractivity contribution is 0.0701. The zero-order valence-electron chi connectivity index (χ0n) is 6.64. The molecule has 0 aliphatic carbocycles. The summed E-state index contributed by atoms with van der Waals surface area (Å²) >= 11 is 6.93. The zero-order valence-corrected chi connectivity index (χ0v) is 9.09. The van der Waals surface area contributed by atoms with Gasteiger partial charge in [-0.25, -0.2) is 4.79 Å². The standard InChI is InChI=1S/C7H4O4S3/c8-3(2-1-11-2)4-5(6(9)10)14-7(12)13-4/h8H,1H2,(H,9,10)/b3-2+. The number of ether oxygens (including phenoxy) is 1. The second-order valence-corrected chi connectivity index (χ2v) is 5.70. The molecule has 1 saturated heterocycles. The first-order valence-electron chi connectivity index (χ1n) is 3.52. The Morgan fingerprint density at radius 3 is 2.43 bits per heavy atom. The van der Waals surface area contributed by atoms with E-state index in [1.807, 2.05) is 0 Å². The number of aliphatic hydroxyl groups is 1. The molecule has 0 aromatic carbocycles. The normalized spacial score (nSPS) is 17.4. The van der Waals surface area contributed by atoms with E-state index in [0.717, 1.165) is 22.7 Å². The minimum atomic E-state index is -1.08. The Kier molecular flexibility index (Phi) is 2.30. The topological polar surface area (TPSA) is 70.1 Å². The predicted molar refractivity (Wildman–Crippen MR) is 55.5 cm³/mol. The lowest BCUT2D eigenvalue weighted by atomic mass is 10.3. The van der Waals surface area contributed by atoms with E-state index in [1.165, 1.54) is 0 Å². The Bertz CT molecular complexity index is 475. The van der Waals surface area contributed by atoms with Gasteiger partial charge >= 0.3 is 5.97 Å². The van der Waals surface area contributed by atoms with Gasteiger partial charge in [0.05, 0.1) is 4.88 Å². The monoisotopic (exact) mass is 248 g/mol. The molecule has 1 aromatic rings. The molecule has 2 heterocycles. The molecule has 2 rings (SSSR count). The fourth-order valence-electron chi connectivity index (χ4n) is 0.876. The van der Waals surface area contributed by atoms with Gasteiger partial charge in [-0.05, 0) is 0 Å². The molecule has 0 bridgehead atoms. The Hall–Kier alpha value is -0.920. The molecular weight excluding hydrogens is 244 g/mol. The lowest BCUT2D eigenvalue weighted by Crippen LogP contribution is -1.96. The van der Waals surface area contributed by atoms with Gasteiger partial charge in [0.2, 0.25) is 0 Å². The molecule has 4 nitrogen and oxygen atoms in total. The number of epoxide rings is 1. The lowest BCUT2D eigenvalue weighted by Gasteiger charge is -1.93. The second kappa shape index (κ2) is 3.34. The molecule has 0 spiro atoms. The van der Waals surface area contributed by atoms with E-state index < -0.39 is 5.97 Å². The van der Waals surface area contributed by atoms with E-state index >= 15 is 0 Å². The van der Waals surface area contributed by atoms with Gasteiger partial charge in [-0.1, -0.05) is 12.2 Å². The highest BCUT2D eigenvalue weighted by molar-refractivity contribution is 7.76. The highest BCUT2D eigenvalue weighted by atomic mass is 32.2. The molecule has 1 aromatic heterocycles. The van der Waals surface area contributed by atoms with Crippen LogP contribution in [0.1, 0.15) is 14.5 Å². The predicted octanol–water partition coefficient (Wildman–Crippen LogP) is 2.49. The maximum atomic E-state index is 10.8. The molecule has 7 heteroatoms. The third kappa shape index (κ3) is 1.66. The van der Waals surface area contributed by atoms with Crippen molar-refractivity contribution in [3.63, 3.8) is 0 Å². The number of carboxylic acid groups (broad SMARTS) is 1. The number of hydrogen-bond acceptors (Lipinski definition) is 6. The van der Waals surface area contributed by atoms with E-state index in [1.54, 1.807) is 0 Å². The minimum Gasteiger partial charge on any atom is -0.503 e. The summed E-state index contributed by atoms with van der Waals surface area (Å²) in [5.74, 6) is -0.749. The smallest absolute Gasteiger partial charge is 0.347 e. The molecule has 74 valence electrons. The molecule has 1 aliphatic rings. The van der Waals surface area contributed by atoms with Crippen molar-refractivity contribution in [3.05, 3.63) is 18.7 Å². The van der Waals surface area contributed by atoms with Gasteiger partial charge in [0, 0.05) is 0 Å². The highest BCUT2D eigenvalue weighted by Crippen LogP contribution is 2.34. The van der Waals surface area contributed by atoms with Gasteiger partial charge in [-0.3, -0.25) is 0 Å². The molecular formula is C7H4O4S3. The van der Waals surface area contributed by atoms with Gasteiger partial charge < -0.3 is 14.9 Å². The van der Waals surface area contributed by atoms with E-state index in [4.69, 9.17) is 22.1 Å². The van der Waals surface area contributed by atoms with Gasteiger partial charge in [-0.2, -0.15) is 0 Å². The van der Waals surface area contributed by atoms with Crippen LogP contribution < -0.4 is 0 Å². The van der Waals surface area contributed by atoms with Gasteiger partial charge in [0.25, 0.3) is 0 Å². The molecule has 0 atom stereocenters. The van der Waals surface area contributed by atoms with Crippen LogP contribution in [0.15, 0.2) is 5.76 Å². The van der Waals surface area contributed by atoms with Crippen molar-refractivity contribution in [2.24, 2.45) is 0 Å². The van der Waals surface area contributed by atoms with E-state index in [2.05, 4.69) is 0 Å². The fraction of sp³-hybridized carbons (Fsp3) is 0.143. The summed E-state index contributed by atoms with van der Waals surface area (Å²) in [6, 6.07) is 0. The summed E-state index contributed by atoms with van der Waals surface area (Å²) in [6.07, 6.45) is 0. The first-order chi connectivity index (χ1) is 6.59. The third-order valence-corrected chi connectivity index (χ3v) is 4.19. The van der Waals surface area contributed by atoms with Crippen molar-refractivity contribution in [2.75, 3.05) is 6.61 Å². The Morgan fingerprint density at radius 2 is 1.93 bits per heavy atom. The maximum absolute atomic E-state index is 10.8. The van der Waals surface area contributed by atoms with Crippen LogP contribution in [-0.2, 0) is 4.74 Å². The van der Waals surface area contributed by atoms with Crippen molar-refractivity contribution in [3.8, 4) is 0 Å². The van der Waals surface area contributed by atoms with E-state index in [-0.39, 0.29) is 10.6 Å². The average Bonchev–Trinajstić information content (AvgIpc) is 2.87. The van der Waals surface area contributed by atoms with Crippen LogP contribution >= 0.6 is 34.9 Å². The molecule has 0 unspecified atom stereocenters. The molecule has 14 heavy (non-hydrogen) atoms. The van der Waals surface area contributed by atoms with Gasteiger partial charge in [0.15, 0.2) is 11.5 Å². The third-order valence-electron chi connectivity index (χ3n) is 1.54. The van der Waals surface area contributed by atoms with Crippen molar-refractivity contribution in [1.29, 1.82) is 0 Å². The minimum absolute atomic E-state index is 0.0699. The summed E-state index contributed by atoms with van der Waals surface area (Å²) in [7, 11) is 0. The Balaban J connectivity index is 2.57. The molecule has 1 fully saturated rings. The number of aliphatic hydroxyl groups excluding tert-OH is 1. The number of rotatable bonds is 2. The van der Waals surface area contributed by atoms with Gasteiger partial charge in [-0.15, -0.1) is 22.7 Å². The average molecular weight is 248 g/mol. The van der Waals surface area contributed by atoms with Crippen molar-refractivity contribution < 1.29 is 19.7 Å². The van der Waals surface area contributed by atoms with E-state index in [9.17, 15) is 9.90 Å². The van der Waals surface area contributed by atoms with Gasteiger partial charge in [0.1, 0.15) is 14.6 Å². The van der Waals surface area contributed by atoms with Crippen LogP contribution in [-0.4, -0.2) is 22.8 Å². The molecule has 0 radical (unpaired) electrons. The molecule has 0 amide bonds. The Morgan fingerprint density at radius 1 is 1.36 bits per heavy atom. The number of aromatic carboxylic acids is 1. The summed E-state index contributed by atoms with van der Waals surface area (Å²) < 4.78 is 5.26. The number of carbonyl (C=O) groups is 1. The Labute approximate surface area is 91.7 Å². The first kappa shape index (κ1) is 9.63. The van der Waals surface area contributed by atoms with E-state index in [0.29, 0.717) is 20.4 Å². The largest absolute Gasteiger partial charge is 0.503 e. The molecule has 0 saturated carbocycles. The first-order valence-corrected chi connectivity index (χ1v) is 5.56. The molecule has 2 N–H and O–H groups in total. The summed E-state index contributed by atoms with van der Waals surface area (Å²) in [4.78, 5) is 11.1. The van der Waals surface area contributed by atoms with Crippen molar-refractivity contribution in [1.82, 2.24) is 0 Å². The van der Waals surface area contributed by atoms with Crippen LogP contribution in [0.25, 0.3) is 5.76 Å². The SMILES string of the molecule is O=C(O)c1sc(=S)sc1/C(O)=C1/CO1. The summed E-state index contributed by atoms with van der Waals surface area (Å²) in [5.41, 5.74) is 0. The highest BCUT2D eigenvalue weighted by Gasteiger charge is 2.26. The summed E-state index contributed by atoms with van der Waals surface area (Å²) in [5, 5.41) is 18.4. The van der Waals surface area contributed by atoms with Crippen LogP contribution in [0.3, 0.4) is 0 Å². The van der Waals surface area contributed by atoms with Crippen LogP contribution in [0, 0.1) is 3.14 Å². The van der Waals surface area contributed by atoms with Crippen LogP contribution in [0.4, 0.5) is 0 Å². The van der Waals surface area contributed by atoms with Crippen molar-refractivity contribution >= 4 is 46.6 Å². The van der Waals surface area contributed by atoms with Crippen LogP contribution in [0.5, 0.6) is 0 Å². The quantitative estimate of drug-likeness (QED) is 0.478. The number of carboxylic acids is 1. The fourth-order valence-corrected chi connectivity index (χ4v) is 3.29. The zero-order chi connectivity index (χ0) is 10.3. The molecule has 1 aliphatic heterocycles. The van der Waals surface area contributed by atoms with Crippen LogP contribution in [0.2, 0.25) is 0 Å². The second-order valence-electron chi connectivity index (χ2n) is 2.48. The van der Waals surface area contributed by atoms with Crippen molar-refractivity contribution in [2.45, 2.75) is 0 Å².